The minimum absolute atomic E-state index is 0.133. The van der Waals surface area contributed by atoms with Crippen molar-refractivity contribution in [2.24, 2.45) is 10.2 Å². The first-order valence-corrected chi connectivity index (χ1v) is 8.87. The Hall–Kier alpha value is -3.12. The maximum absolute atomic E-state index is 13.0. The van der Waals surface area contributed by atoms with Gasteiger partial charge in [0.2, 0.25) is 0 Å². The second-order valence-electron chi connectivity index (χ2n) is 5.63. The minimum Gasteiger partial charge on any atom is -0.463 e. The molecule has 0 unspecified atom stereocenters. The van der Waals surface area contributed by atoms with Crippen LogP contribution in [0.5, 0.6) is 0 Å². The first kappa shape index (κ1) is 16.4. The van der Waals surface area contributed by atoms with E-state index in [1.165, 1.54) is 18.0 Å². The van der Waals surface area contributed by atoms with Gasteiger partial charge in [-0.15, -0.1) is 5.10 Å². The largest absolute Gasteiger partial charge is 0.463 e. The molecule has 0 spiro atoms. The van der Waals surface area contributed by atoms with Crippen LogP contribution in [-0.4, -0.2) is 17.3 Å². The van der Waals surface area contributed by atoms with Crippen molar-refractivity contribution in [1.29, 1.82) is 0 Å². The number of nitrogens with one attached hydrogen (secondary N) is 1. The molecular weight excluding hydrogens is 346 g/mol. The Morgan fingerprint density at radius 2 is 1.58 bits per heavy atom. The van der Waals surface area contributed by atoms with E-state index >= 15 is 0 Å². The van der Waals surface area contributed by atoms with E-state index in [1.807, 2.05) is 60.7 Å². The molecule has 1 aliphatic rings. The van der Waals surface area contributed by atoms with E-state index in [2.05, 4.69) is 15.5 Å². The van der Waals surface area contributed by atoms with Crippen LogP contribution < -0.4 is 5.32 Å². The normalized spacial score (nSPS) is 17.7. The highest BCUT2D eigenvalue weighted by Gasteiger charge is 2.49. The van der Waals surface area contributed by atoms with E-state index in [9.17, 15) is 4.79 Å². The second kappa shape index (κ2) is 7.01. The summed E-state index contributed by atoms with van der Waals surface area (Å²) in [5.41, 5.74) is 1.79. The van der Waals surface area contributed by atoms with Gasteiger partial charge in [0, 0.05) is 0 Å². The zero-order valence-electron chi connectivity index (χ0n) is 13.7. The third kappa shape index (κ3) is 2.95. The Morgan fingerprint density at radius 3 is 2.15 bits per heavy atom. The molecule has 3 aromatic rings. The molecule has 26 heavy (non-hydrogen) atoms. The highest BCUT2D eigenvalue weighted by atomic mass is 32.2. The molecule has 0 bridgehead atoms. The molecule has 1 saturated heterocycles. The number of carbonyl (C=O) groups is 1. The lowest BCUT2D eigenvalue weighted by atomic mass is 9.89. The molecule has 5 nitrogen and oxygen atoms in total. The Bertz CT molecular complexity index is 912. The Kier molecular flexibility index (Phi) is 4.41. The molecule has 2 aromatic carbocycles. The van der Waals surface area contributed by atoms with E-state index < -0.39 is 4.75 Å². The standard InChI is InChI=1S/C20H15N3O2S/c24-18-20(15-8-3-1-4-9-15,16-10-5-2-6-11-16)26-19(22-18)23-21-14-17-12-7-13-25-17/h1-14H,(H,22,23,24). The number of thioether (sulfide) groups is 1. The van der Waals surface area contributed by atoms with Crippen molar-refractivity contribution < 1.29 is 9.21 Å². The molecule has 1 aliphatic heterocycles. The van der Waals surface area contributed by atoms with Gasteiger partial charge in [0.1, 0.15) is 5.76 Å². The first-order chi connectivity index (χ1) is 12.8. The monoisotopic (exact) mass is 361 g/mol. The summed E-state index contributed by atoms with van der Waals surface area (Å²) in [5.74, 6) is 0.466. The lowest BCUT2D eigenvalue weighted by Gasteiger charge is -2.25. The summed E-state index contributed by atoms with van der Waals surface area (Å²) in [5, 5.41) is 11.5. The maximum atomic E-state index is 13.0. The Labute approximate surface area is 154 Å². The molecule has 4 rings (SSSR count). The number of carbonyl (C=O) groups excluding carboxylic acids is 1. The zero-order chi connectivity index (χ0) is 17.8. The van der Waals surface area contributed by atoms with E-state index in [0.717, 1.165) is 11.1 Å². The molecule has 2 heterocycles. The molecule has 0 radical (unpaired) electrons. The number of rotatable bonds is 4. The average Bonchev–Trinajstić information content (AvgIpc) is 3.32. The summed E-state index contributed by atoms with van der Waals surface area (Å²) in [6, 6.07) is 22.9. The lowest BCUT2D eigenvalue weighted by Crippen LogP contribution is -2.35. The average molecular weight is 361 g/mol. The van der Waals surface area contributed by atoms with Crippen LogP contribution in [0.15, 0.2) is 93.7 Å². The van der Waals surface area contributed by atoms with Crippen molar-refractivity contribution in [2.75, 3.05) is 0 Å². The highest BCUT2D eigenvalue weighted by molar-refractivity contribution is 8.16. The molecule has 1 N–H and O–H groups in total. The molecule has 0 aliphatic carbocycles. The smallest absolute Gasteiger partial charge is 0.251 e. The van der Waals surface area contributed by atoms with E-state index in [0.29, 0.717) is 10.9 Å². The summed E-state index contributed by atoms with van der Waals surface area (Å²) >= 11 is 1.35. The summed E-state index contributed by atoms with van der Waals surface area (Å²) in [7, 11) is 0. The first-order valence-electron chi connectivity index (χ1n) is 8.05. The molecule has 0 saturated carbocycles. The molecule has 128 valence electrons. The second-order valence-corrected chi connectivity index (χ2v) is 6.84. The third-order valence-corrected chi connectivity index (χ3v) is 5.37. The SMILES string of the molecule is O=C1N/C(=N\N=Cc2ccco2)SC1(c1ccccc1)c1ccccc1. The van der Waals surface area contributed by atoms with E-state index in [1.54, 1.807) is 18.4 Å². The summed E-state index contributed by atoms with van der Waals surface area (Å²) in [4.78, 5) is 13.0. The molecule has 0 atom stereocenters. The number of amidine groups is 1. The van der Waals surface area contributed by atoms with Crippen LogP contribution in [0.2, 0.25) is 0 Å². The van der Waals surface area contributed by atoms with Gasteiger partial charge < -0.3 is 9.73 Å². The number of hydrogen-bond donors (Lipinski definition) is 1. The van der Waals surface area contributed by atoms with Crippen LogP contribution in [-0.2, 0) is 9.54 Å². The van der Waals surface area contributed by atoms with Gasteiger partial charge in [0.05, 0.1) is 12.5 Å². The predicted octanol–water partition coefficient (Wildman–Crippen LogP) is 3.78. The zero-order valence-corrected chi connectivity index (χ0v) is 14.5. The molecular formula is C20H15N3O2S. The number of nitrogens with zero attached hydrogens (tertiary/aromatic N) is 2. The van der Waals surface area contributed by atoms with Crippen molar-refractivity contribution >= 4 is 29.1 Å². The van der Waals surface area contributed by atoms with Gasteiger partial charge in [0.15, 0.2) is 9.91 Å². The number of hydrogen-bond acceptors (Lipinski definition) is 5. The van der Waals surface area contributed by atoms with Crippen molar-refractivity contribution in [3.8, 4) is 0 Å². The number of amides is 1. The molecule has 6 heteroatoms. The quantitative estimate of drug-likeness (QED) is 0.568. The maximum Gasteiger partial charge on any atom is 0.251 e. The van der Waals surface area contributed by atoms with Crippen LogP contribution in [0, 0.1) is 0 Å². The molecule has 1 amide bonds. The number of benzene rings is 2. The number of furan rings is 1. The predicted molar refractivity (Wildman–Crippen MR) is 103 cm³/mol. The molecule has 1 aromatic heterocycles. The van der Waals surface area contributed by atoms with E-state index in [-0.39, 0.29) is 5.91 Å². The van der Waals surface area contributed by atoms with Crippen molar-refractivity contribution in [2.45, 2.75) is 4.75 Å². The van der Waals surface area contributed by atoms with Crippen molar-refractivity contribution in [3.05, 3.63) is 95.9 Å². The van der Waals surface area contributed by atoms with Gasteiger partial charge in [0.25, 0.3) is 5.91 Å². The van der Waals surface area contributed by atoms with Crippen LogP contribution in [0.1, 0.15) is 16.9 Å². The van der Waals surface area contributed by atoms with Gasteiger partial charge in [-0.2, -0.15) is 5.10 Å². The van der Waals surface area contributed by atoms with Crippen LogP contribution in [0.3, 0.4) is 0 Å². The van der Waals surface area contributed by atoms with Crippen LogP contribution >= 0.6 is 11.8 Å². The fourth-order valence-electron chi connectivity index (χ4n) is 2.84. The summed E-state index contributed by atoms with van der Waals surface area (Å²) in [6.45, 7) is 0. The van der Waals surface area contributed by atoms with Gasteiger partial charge in [-0.3, -0.25) is 4.79 Å². The Balaban J connectivity index is 1.72. The van der Waals surface area contributed by atoms with E-state index in [4.69, 9.17) is 4.42 Å². The summed E-state index contributed by atoms with van der Waals surface area (Å²) in [6.07, 6.45) is 3.07. The fraction of sp³-hybridized carbons (Fsp3) is 0.0500. The topological polar surface area (TPSA) is 67.0 Å². The third-order valence-electron chi connectivity index (χ3n) is 4.03. The van der Waals surface area contributed by atoms with Crippen molar-refractivity contribution in [1.82, 2.24) is 5.32 Å². The lowest BCUT2D eigenvalue weighted by molar-refractivity contribution is -0.120. The Morgan fingerprint density at radius 1 is 0.923 bits per heavy atom. The van der Waals surface area contributed by atoms with Gasteiger partial charge >= 0.3 is 0 Å². The van der Waals surface area contributed by atoms with Gasteiger partial charge in [-0.05, 0) is 23.3 Å². The highest BCUT2D eigenvalue weighted by Crippen LogP contribution is 2.46. The van der Waals surface area contributed by atoms with Gasteiger partial charge in [-0.1, -0.05) is 72.4 Å². The minimum atomic E-state index is -0.887. The molecule has 1 fully saturated rings. The van der Waals surface area contributed by atoms with Crippen LogP contribution in [0.25, 0.3) is 0 Å². The van der Waals surface area contributed by atoms with Crippen molar-refractivity contribution in [3.63, 3.8) is 0 Å². The van der Waals surface area contributed by atoms with Gasteiger partial charge in [-0.25, -0.2) is 0 Å². The fourth-order valence-corrected chi connectivity index (χ4v) is 4.02. The summed E-state index contributed by atoms with van der Waals surface area (Å²) < 4.78 is 4.30. The van der Waals surface area contributed by atoms with Crippen LogP contribution in [0.4, 0.5) is 0 Å².